The maximum absolute atomic E-state index is 12.9. The van der Waals surface area contributed by atoms with Crippen LogP contribution in [0.2, 0.25) is 5.15 Å². The van der Waals surface area contributed by atoms with Gasteiger partial charge in [0, 0.05) is 6.54 Å². The van der Waals surface area contributed by atoms with Gasteiger partial charge in [0.15, 0.2) is 11.0 Å². The fourth-order valence-electron chi connectivity index (χ4n) is 2.08. The Morgan fingerprint density at radius 1 is 1.21 bits per heavy atom. The minimum Gasteiger partial charge on any atom is -0.369 e. The largest absolute Gasteiger partial charge is 0.369 e. The lowest BCUT2D eigenvalue weighted by atomic mass is 9.98. The van der Waals surface area contributed by atoms with E-state index in [1.807, 2.05) is 0 Å². The van der Waals surface area contributed by atoms with Gasteiger partial charge in [-0.1, -0.05) is 23.7 Å². The zero-order valence-corrected chi connectivity index (χ0v) is 13.3. The van der Waals surface area contributed by atoms with Gasteiger partial charge < -0.3 is 16.8 Å². The van der Waals surface area contributed by atoms with E-state index in [2.05, 4.69) is 15.5 Å². The minimum absolute atomic E-state index is 0.0205. The van der Waals surface area contributed by atoms with Gasteiger partial charge in [0.1, 0.15) is 5.82 Å². The van der Waals surface area contributed by atoms with Gasteiger partial charge in [-0.05, 0) is 30.2 Å². The Kier molecular flexibility index (Phi) is 5.64. The Morgan fingerprint density at radius 2 is 1.88 bits per heavy atom. The van der Waals surface area contributed by atoms with Crippen LogP contribution in [0, 0.1) is 11.7 Å². The molecule has 0 radical (unpaired) electrons. The summed E-state index contributed by atoms with van der Waals surface area (Å²) in [4.78, 5) is 23.0. The monoisotopic (exact) mass is 351 g/mol. The van der Waals surface area contributed by atoms with Crippen LogP contribution in [0.5, 0.6) is 0 Å². The molecule has 2 aromatic rings. The Morgan fingerprint density at radius 3 is 2.46 bits per heavy atom. The number of hydrogen-bond acceptors (Lipinski definition) is 5. The lowest BCUT2D eigenvalue weighted by Crippen LogP contribution is -2.32. The second-order valence-electron chi connectivity index (χ2n) is 5.10. The first-order valence-corrected chi connectivity index (χ1v) is 7.35. The van der Waals surface area contributed by atoms with Crippen LogP contribution in [0.3, 0.4) is 0 Å². The predicted octanol–water partition coefficient (Wildman–Crippen LogP) is 1.12. The predicted molar refractivity (Wildman–Crippen MR) is 86.8 cm³/mol. The average Bonchev–Trinajstić information content (AvgIpc) is 2.53. The molecule has 126 valence electrons. The van der Waals surface area contributed by atoms with Gasteiger partial charge in [0.2, 0.25) is 5.91 Å². The maximum atomic E-state index is 12.9. The summed E-state index contributed by atoms with van der Waals surface area (Å²) in [6.07, 6.45) is 0.301. The van der Waals surface area contributed by atoms with Crippen LogP contribution >= 0.6 is 11.6 Å². The number of carbonyl (C=O) groups excluding carboxylic acids is 2. The molecule has 0 aliphatic carbocycles. The summed E-state index contributed by atoms with van der Waals surface area (Å²) >= 11 is 5.68. The number of amides is 2. The van der Waals surface area contributed by atoms with E-state index >= 15 is 0 Å². The van der Waals surface area contributed by atoms with Gasteiger partial charge in [-0.2, -0.15) is 0 Å². The first kappa shape index (κ1) is 17.6. The standard InChI is InChI=1S/C15H15ClFN5O2/c16-12-6-11(14(19)24)15(22-21-12)20-7-9(13(18)23)5-8-1-3-10(17)4-2-8/h1-4,6,9H,5,7H2,(H2,18,23)(H2,19,24)(H,20,22). The molecule has 1 unspecified atom stereocenters. The number of halogens is 2. The van der Waals surface area contributed by atoms with Crippen molar-refractivity contribution in [2.45, 2.75) is 6.42 Å². The van der Waals surface area contributed by atoms with E-state index in [1.165, 1.54) is 18.2 Å². The SMILES string of the molecule is NC(=O)c1cc(Cl)nnc1NCC(Cc1ccc(F)cc1)C(N)=O. The van der Waals surface area contributed by atoms with E-state index in [1.54, 1.807) is 12.1 Å². The van der Waals surface area contributed by atoms with Crippen molar-refractivity contribution in [3.63, 3.8) is 0 Å². The van der Waals surface area contributed by atoms with Gasteiger partial charge in [0.05, 0.1) is 11.5 Å². The number of carbonyl (C=O) groups is 2. The van der Waals surface area contributed by atoms with Crippen LogP contribution in [0.4, 0.5) is 10.2 Å². The Hall–Kier alpha value is -2.74. The van der Waals surface area contributed by atoms with Crippen LogP contribution in [0.1, 0.15) is 15.9 Å². The third kappa shape index (κ3) is 4.63. The third-order valence-electron chi connectivity index (χ3n) is 3.34. The molecule has 0 aliphatic heterocycles. The Bertz CT molecular complexity index is 754. The zero-order chi connectivity index (χ0) is 17.7. The normalized spacial score (nSPS) is 11.8. The summed E-state index contributed by atoms with van der Waals surface area (Å²) in [5.41, 5.74) is 11.5. The zero-order valence-electron chi connectivity index (χ0n) is 12.5. The number of nitrogens with zero attached hydrogens (tertiary/aromatic N) is 2. The van der Waals surface area contributed by atoms with Gasteiger partial charge in [-0.3, -0.25) is 9.59 Å². The number of aromatic nitrogens is 2. The molecule has 0 saturated heterocycles. The number of benzene rings is 1. The highest BCUT2D eigenvalue weighted by atomic mass is 35.5. The van der Waals surface area contributed by atoms with E-state index < -0.39 is 17.7 Å². The summed E-state index contributed by atoms with van der Waals surface area (Å²) in [5.74, 6) is -2.14. The highest BCUT2D eigenvalue weighted by molar-refractivity contribution is 6.29. The summed E-state index contributed by atoms with van der Waals surface area (Å²) in [6.45, 7) is 0.100. The highest BCUT2D eigenvalue weighted by Crippen LogP contribution is 2.16. The van der Waals surface area contributed by atoms with Gasteiger partial charge >= 0.3 is 0 Å². The molecule has 0 fully saturated rings. The topological polar surface area (TPSA) is 124 Å². The lowest BCUT2D eigenvalue weighted by Gasteiger charge is -2.15. The number of rotatable bonds is 7. The average molecular weight is 352 g/mol. The van der Waals surface area contributed by atoms with E-state index in [0.29, 0.717) is 6.42 Å². The lowest BCUT2D eigenvalue weighted by molar-refractivity contribution is -0.121. The summed E-state index contributed by atoms with van der Waals surface area (Å²) in [6, 6.07) is 7.02. The Balaban J connectivity index is 2.10. The van der Waals surface area contributed by atoms with Crippen LogP contribution < -0.4 is 16.8 Å². The quantitative estimate of drug-likeness (QED) is 0.689. The Labute approximate surface area is 142 Å². The second kappa shape index (κ2) is 7.69. The first-order valence-electron chi connectivity index (χ1n) is 6.97. The molecule has 9 heteroatoms. The molecule has 0 saturated carbocycles. The molecule has 1 atom stereocenters. The smallest absolute Gasteiger partial charge is 0.252 e. The van der Waals surface area contributed by atoms with Crippen molar-refractivity contribution >= 4 is 29.2 Å². The molecule has 0 spiro atoms. The molecule has 7 nitrogen and oxygen atoms in total. The second-order valence-corrected chi connectivity index (χ2v) is 5.49. The summed E-state index contributed by atoms with van der Waals surface area (Å²) < 4.78 is 12.9. The molecule has 1 aromatic carbocycles. The fourth-order valence-corrected chi connectivity index (χ4v) is 2.23. The van der Waals surface area contributed by atoms with Crippen molar-refractivity contribution in [2.24, 2.45) is 17.4 Å². The van der Waals surface area contributed by atoms with Crippen molar-refractivity contribution < 1.29 is 14.0 Å². The maximum Gasteiger partial charge on any atom is 0.252 e. The molecule has 0 aliphatic rings. The summed E-state index contributed by atoms with van der Waals surface area (Å²) in [5, 5.41) is 10.2. The molecular formula is C15H15ClFN5O2. The molecular weight excluding hydrogens is 337 g/mol. The number of hydrogen-bond donors (Lipinski definition) is 3. The van der Waals surface area contributed by atoms with E-state index in [9.17, 15) is 14.0 Å². The van der Waals surface area contributed by atoms with Crippen LogP contribution in [-0.2, 0) is 11.2 Å². The van der Waals surface area contributed by atoms with Crippen molar-refractivity contribution in [2.75, 3.05) is 11.9 Å². The molecule has 2 amide bonds. The highest BCUT2D eigenvalue weighted by Gasteiger charge is 2.18. The number of nitrogens with one attached hydrogen (secondary N) is 1. The van der Waals surface area contributed by atoms with E-state index in [-0.39, 0.29) is 28.9 Å². The van der Waals surface area contributed by atoms with Gasteiger partial charge in [-0.25, -0.2) is 4.39 Å². The van der Waals surface area contributed by atoms with E-state index in [0.717, 1.165) is 5.56 Å². The van der Waals surface area contributed by atoms with Crippen molar-refractivity contribution in [3.05, 3.63) is 52.4 Å². The van der Waals surface area contributed by atoms with E-state index in [4.69, 9.17) is 23.1 Å². The molecule has 0 bridgehead atoms. The third-order valence-corrected chi connectivity index (χ3v) is 3.53. The molecule has 1 aromatic heterocycles. The molecule has 5 N–H and O–H groups in total. The van der Waals surface area contributed by atoms with Crippen molar-refractivity contribution in [1.82, 2.24) is 10.2 Å². The minimum atomic E-state index is -0.733. The van der Waals surface area contributed by atoms with Gasteiger partial charge in [-0.15, -0.1) is 10.2 Å². The molecule has 2 rings (SSSR count). The number of anilines is 1. The first-order chi connectivity index (χ1) is 11.4. The van der Waals surface area contributed by atoms with Crippen LogP contribution in [0.25, 0.3) is 0 Å². The van der Waals surface area contributed by atoms with Crippen LogP contribution in [-0.4, -0.2) is 28.6 Å². The molecule has 24 heavy (non-hydrogen) atoms. The van der Waals surface area contributed by atoms with Crippen molar-refractivity contribution in [3.8, 4) is 0 Å². The van der Waals surface area contributed by atoms with Crippen molar-refractivity contribution in [1.29, 1.82) is 0 Å². The van der Waals surface area contributed by atoms with Crippen LogP contribution in [0.15, 0.2) is 30.3 Å². The van der Waals surface area contributed by atoms with Gasteiger partial charge in [0.25, 0.3) is 5.91 Å². The number of nitrogens with two attached hydrogens (primary N) is 2. The summed E-state index contributed by atoms with van der Waals surface area (Å²) in [7, 11) is 0. The number of primary amides is 2. The molecule has 1 heterocycles. The fraction of sp³-hybridized carbons (Fsp3) is 0.200.